The first-order valence-electron chi connectivity index (χ1n) is 3.17. The van der Waals surface area contributed by atoms with E-state index in [0.717, 1.165) is 16.1 Å². The Morgan fingerprint density at radius 1 is 1.30 bits per heavy atom. The van der Waals surface area contributed by atoms with E-state index in [4.69, 9.17) is 5.73 Å². The number of rotatable bonds is 0. The Morgan fingerprint density at radius 2 is 1.90 bits per heavy atom. The third-order valence-corrected chi connectivity index (χ3v) is 1.95. The Labute approximate surface area is 66.7 Å². The molecule has 0 bridgehead atoms. The highest BCUT2D eigenvalue weighted by atomic mass is 32.1. The second kappa shape index (κ2) is 2.54. The smallest absolute Gasteiger partial charge is 0.0357 e. The van der Waals surface area contributed by atoms with Crippen LogP contribution >= 0.6 is 12.6 Å². The first-order valence-corrected chi connectivity index (χ1v) is 3.61. The zero-order chi connectivity index (χ0) is 7.72. The third kappa shape index (κ3) is 1.27. The van der Waals surface area contributed by atoms with Crippen LogP contribution in [-0.2, 0) is 0 Å². The fourth-order valence-corrected chi connectivity index (χ4v) is 1.20. The highest BCUT2D eigenvalue weighted by molar-refractivity contribution is 7.80. The Morgan fingerprint density at radius 3 is 2.40 bits per heavy atom. The standard InChI is InChI=1S/C8H11NS/c1-5-3-7(10)4-8(9)6(5)2/h3-4,10H,9H2,1-2H3. The Hall–Kier alpha value is -0.630. The highest BCUT2D eigenvalue weighted by Crippen LogP contribution is 2.19. The normalized spacial score (nSPS) is 9.90. The van der Waals surface area contributed by atoms with Crippen LogP contribution in [-0.4, -0.2) is 0 Å². The van der Waals surface area contributed by atoms with Gasteiger partial charge in [0.1, 0.15) is 0 Å². The van der Waals surface area contributed by atoms with Crippen molar-refractivity contribution in [3.8, 4) is 0 Å². The number of hydrogen-bond donors (Lipinski definition) is 2. The van der Waals surface area contributed by atoms with Gasteiger partial charge >= 0.3 is 0 Å². The average molecular weight is 153 g/mol. The summed E-state index contributed by atoms with van der Waals surface area (Å²) in [6.07, 6.45) is 0. The molecule has 0 saturated carbocycles. The van der Waals surface area contributed by atoms with Gasteiger partial charge in [-0.2, -0.15) is 0 Å². The summed E-state index contributed by atoms with van der Waals surface area (Å²) in [5.74, 6) is 0. The van der Waals surface area contributed by atoms with Crippen LogP contribution in [0.15, 0.2) is 17.0 Å². The molecule has 54 valence electrons. The molecule has 0 fully saturated rings. The number of nitrogen functional groups attached to an aromatic ring is 1. The zero-order valence-corrected chi connectivity index (χ0v) is 7.07. The molecule has 0 aliphatic carbocycles. The Balaban J connectivity index is 3.31. The molecule has 0 aliphatic rings. The zero-order valence-electron chi connectivity index (χ0n) is 6.18. The first-order chi connectivity index (χ1) is 4.61. The summed E-state index contributed by atoms with van der Waals surface area (Å²) in [6, 6.07) is 3.88. The summed E-state index contributed by atoms with van der Waals surface area (Å²) in [4.78, 5) is 0.931. The van der Waals surface area contributed by atoms with Crippen molar-refractivity contribution in [3.05, 3.63) is 23.3 Å². The van der Waals surface area contributed by atoms with Gasteiger partial charge in [0.2, 0.25) is 0 Å². The first kappa shape index (κ1) is 7.48. The van der Waals surface area contributed by atoms with E-state index in [0.29, 0.717) is 0 Å². The van der Waals surface area contributed by atoms with Crippen LogP contribution in [0, 0.1) is 13.8 Å². The van der Waals surface area contributed by atoms with Crippen molar-refractivity contribution in [2.75, 3.05) is 5.73 Å². The van der Waals surface area contributed by atoms with E-state index in [1.165, 1.54) is 5.56 Å². The monoisotopic (exact) mass is 153 g/mol. The van der Waals surface area contributed by atoms with Crippen molar-refractivity contribution in [2.45, 2.75) is 18.7 Å². The number of thiol groups is 1. The molecule has 10 heavy (non-hydrogen) atoms. The number of anilines is 1. The Kier molecular flexibility index (Phi) is 1.90. The van der Waals surface area contributed by atoms with E-state index < -0.39 is 0 Å². The molecule has 0 spiro atoms. The van der Waals surface area contributed by atoms with E-state index in [9.17, 15) is 0 Å². The minimum absolute atomic E-state index is 0.824. The van der Waals surface area contributed by atoms with E-state index in [1.54, 1.807) is 0 Å². The molecule has 0 radical (unpaired) electrons. The van der Waals surface area contributed by atoms with Crippen LogP contribution in [0.3, 0.4) is 0 Å². The van der Waals surface area contributed by atoms with Crippen LogP contribution in [0.5, 0.6) is 0 Å². The summed E-state index contributed by atoms with van der Waals surface area (Å²) < 4.78 is 0. The molecule has 0 amide bonds. The number of hydrogen-bond acceptors (Lipinski definition) is 2. The molecule has 2 heteroatoms. The van der Waals surface area contributed by atoms with Gasteiger partial charge in [-0.15, -0.1) is 12.6 Å². The van der Waals surface area contributed by atoms with Gasteiger partial charge in [-0.05, 0) is 37.1 Å². The van der Waals surface area contributed by atoms with Crippen LogP contribution in [0.1, 0.15) is 11.1 Å². The van der Waals surface area contributed by atoms with Crippen molar-refractivity contribution >= 4 is 18.3 Å². The van der Waals surface area contributed by atoms with Gasteiger partial charge in [0.25, 0.3) is 0 Å². The van der Waals surface area contributed by atoms with Crippen LogP contribution < -0.4 is 5.73 Å². The molecule has 0 aromatic heterocycles. The molecular formula is C8H11NS. The second-order valence-electron chi connectivity index (χ2n) is 2.48. The van der Waals surface area contributed by atoms with Gasteiger partial charge in [-0.1, -0.05) is 0 Å². The molecular weight excluding hydrogens is 142 g/mol. The maximum atomic E-state index is 5.67. The predicted molar refractivity (Wildman–Crippen MR) is 47.6 cm³/mol. The molecule has 0 saturated heterocycles. The molecule has 1 rings (SSSR count). The number of aryl methyl sites for hydroxylation is 1. The van der Waals surface area contributed by atoms with Crippen molar-refractivity contribution < 1.29 is 0 Å². The lowest BCUT2D eigenvalue weighted by Gasteiger charge is -2.04. The Bertz CT molecular complexity index is 232. The van der Waals surface area contributed by atoms with E-state index in [1.807, 2.05) is 26.0 Å². The SMILES string of the molecule is Cc1cc(S)cc(N)c1C. The van der Waals surface area contributed by atoms with Crippen LogP contribution in [0.4, 0.5) is 5.69 Å². The lowest BCUT2D eigenvalue weighted by atomic mass is 10.1. The molecule has 1 aromatic rings. The van der Waals surface area contributed by atoms with Crippen molar-refractivity contribution in [3.63, 3.8) is 0 Å². The third-order valence-electron chi connectivity index (χ3n) is 1.69. The summed E-state index contributed by atoms with van der Waals surface area (Å²) in [5.41, 5.74) is 8.85. The summed E-state index contributed by atoms with van der Waals surface area (Å²) in [6.45, 7) is 4.04. The van der Waals surface area contributed by atoms with Gasteiger partial charge in [0.15, 0.2) is 0 Å². The van der Waals surface area contributed by atoms with Crippen molar-refractivity contribution in [1.82, 2.24) is 0 Å². The molecule has 0 heterocycles. The molecule has 0 atom stereocenters. The van der Waals surface area contributed by atoms with Gasteiger partial charge in [0, 0.05) is 10.6 Å². The molecule has 1 nitrogen and oxygen atoms in total. The van der Waals surface area contributed by atoms with Crippen LogP contribution in [0.25, 0.3) is 0 Å². The quantitative estimate of drug-likeness (QED) is 0.433. The summed E-state index contributed by atoms with van der Waals surface area (Å²) >= 11 is 4.19. The van der Waals surface area contributed by atoms with Crippen molar-refractivity contribution in [1.29, 1.82) is 0 Å². The predicted octanol–water partition coefficient (Wildman–Crippen LogP) is 2.17. The van der Waals surface area contributed by atoms with Gasteiger partial charge < -0.3 is 5.73 Å². The molecule has 0 unspecified atom stereocenters. The van der Waals surface area contributed by atoms with Crippen molar-refractivity contribution in [2.24, 2.45) is 0 Å². The lowest BCUT2D eigenvalue weighted by Crippen LogP contribution is -1.91. The van der Waals surface area contributed by atoms with Crippen LogP contribution in [0.2, 0.25) is 0 Å². The number of benzene rings is 1. The fourth-order valence-electron chi connectivity index (χ4n) is 0.867. The number of nitrogens with two attached hydrogens (primary N) is 1. The second-order valence-corrected chi connectivity index (χ2v) is 2.99. The topological polar surface area (TPSA) is 26.0 Å². The maximum absolute atomic E-state index is 5.67. The van der Waals surface area contributed by atoms with Gasteiger partial charge in [0.05, 0.1) is 0 Å². The van der Waals surface area contributed by atoms with Gasteiger partial charge in [-0.25, -0.2) is 0 Å². The lowest BCUT2D eigenvalue weighted by molar-refractivity contribution is 1.29. The van der Waals surface area contributed by atoms with E-state index >= 15 is 0 Å². The maximum Gasteiger partial charge on any atom is 0.0357 e. The fraction of sp³-hybridized carbons (Fsp3) is 0.250. The molecule has 2 N–H and O–H groups in total. The van der Waals surface area contributed by atoms with E-state index in [-0.39, 0.29) is 0 Å². The highest BCUT2D eigenvalue weighted by Gasteiger charge is 1.97. The molecule has 0 aliphatic heterocycles. The largest absolute Gasteiger partial charge is 0.398 e. The average Bonchev–Trinajstić information content (AvgIpc) is 1.82. The van der Waals surface area contributed by atoms with E-state index in [2.05, 4.69) is 12.6 Å². The van der Waals surface area contributed by atoms with Gasteiger partial charge in [-0.3, -0.25) is 0 Å². The minimum atomic E-state index is 0.824. The minimum Gasteiger partial charge on any atom is -0.398 e. The summed E-state index contributed by atoms with van der Waals surface area (Å²) in [5, 5.41) is 0. The summed E-state index contributed by atoms with van der Waals surface area (Å²) in [7, 11) is 0. The molecule has 1 aromatic carbocycles.